The summed E-state index contributed by atoms with van der Waals surface area (Å²) in [6.45, 7) is 9.02. The fourth-order valence-electron chi connectivity index (χ4n) is 5.07. The number of hydrogen-bond donors (Lipinski definition) is 1. The van der Waals surface area contributed by atoms with Gasteiger partial charge in [-0.25, -0.2) is 8.42 Å². The van der Waals surface area contributed by atoms with Crippen LogP contribution in [0.5, 0.6) is 0 Å². The molecule has 1 atom stereocenters. The van der Waals surface area contributed by atoms with Crippen molar-refractivity contribution in [1.29, 1.82) is 0 Å². The van der Waals surface area contributed by atoms with Crippen LogP contribution >= 0.6 is 0 Å². The fraction of sp³-hybridized carbons (Fsp3) is 0.400. The van der Waals surface area contributed by atoms with Gasteiger partial charge in [-0.3, -0.25) is 13.9 Å². The van der Waals surface area contributed by atoms with Crippen molar-refractivity contribution in [2.45, 2.75) is 64.4 Å². The Labute approximate surface area is 225 Å². The molecule has 0 radical (unpaired) electrons. The van der Waals surface area contributed by atoms with Crippen LogP contribution in [0, 0.1) is 12.8 Å². The quantitative estimate of drug-likeness (QED) is 0.374. The van der Waals surface area contributed by atoms with E-state index in [4.69, 9.17) is 0 Å². The van der Waals surface area contributed by atoms with E-state index in [9.17, 15) is 18.0 Å². The van der Waals surface area contributed by atoms with Gasteiger partial charge in [0.1, 0.15) is 6.04 Å². The number of sulfonamides is 1. The van der Waals surface area contributed by atoms with E-state index >= 15 is 0 Å². The third-order valence-corrected chi connectivity index (χ3v) is 8.79. The van der Waals surface area contributed by atoms with E-state index in [1.165, 1.54) is 4.31 Å². The van der Waals surface area contributed by atoms with Crippen molar-refractivity contribution in [3.05, 3.63) is 71.8 Å². The van der Waals surface area contributed by atoms with Gasteiger partial charge in [-0.2, -0.15) is 0 Å². The summed E-state index contributed by atoms with van der Waals surface area (Å²) in [5.74, 6) is -0.0230. The van der Waals surface area contributed by atoms with E-state index in [1.807, 2.05) is 76.2 Å². The summed E-state index contributed by atoms with van der Waals surface area (Å²) in [6, 6.07) is 18.2. The number of anilines is 1. The van der Waals surface area contributed by atoms with Gasteiger partial charge in [-0.05, 0) is 48.8 Å². The van der Waals surface area contributed by atoms with Crippen molar-refractivity contribution in [3.8, 4) is 0 Å². The molecule has 202 valence electrons. The SMILES string of the molecule is CC[C@H](C(=O)NCC(C)C)N(Cc1cccc(C)c1)C(=O)CCCN1c2cccc3cccc(c23)S1(=O)=O. The molecule has 1 heterocycles. The molecule has 0 fully saturated rings. The van der Waals surface area contributed by atoms with Crippen LogP contribution in [-0.4, -0.2) is 44.3 Å². The van der Waals surface area contributed by atoms with E-state index in [2.05, 4.69) is 5.32 Å². The smallest absolute Gasteiger partial charge is 0.265 e. The van der Waals surface area contributed by atoms with Crippen LogP contribution in [0.1, 0.15) is 51.2 Å². The summed E-state index contributed by atoms with van der Waals surface area (Å²) in [5, 5.41) is 4.59. The summed E-state index contributed by atoms with van der Waals surface area (Å²) >= 11 is 0. The Balaban J connectivity index is 1.51. The standard InChI is InChI=1S/C30H37N3O4S/c1-5-25(30(35)31-19-21(2)3)32(20-23-11-6-10-22(4)18-23)28(34)16-9-17-33-26-14-7-12-24-13-8-15-27(29(24)26)38(33,36)37/h6-8,10-15,18,21,25H,5,9,16-17,19-20H2,1-4H3,(H,31,35)/t25-/m1/s1. The second kappa shape index (κ2) is 11.6. The first-order valence-corrected chi connectivity index (χ1v) is 14.7. The lowest BCUT2D eigenvalue weighted by molar-refractivity contribution is -0.141. The van der Waals surface area contributed by atoms with Crippen molar-refractivity contribution in [2.24, 2.45) is 5.92 Å². The Morgan fingerprint density at radius 1 is 1.03 bits per heavy atom. The predicted octanol–water partition coefficient (Wildman–Crippen LogP) is 5.02. The summed E-state index contributed by atoms with van der Waals surface area (Å²) < 4.78 is 28.0. The van der Waals surface area contributed by atoms with E-state index < -0.39 is 16.1 Å². The van der Waals surface area contributed by atoms with Crippen LogP contribution in [0.15, 0.2) is 65.6 Å². The molecule has 2 amide bonds. The van der Waals surface area contributed by atoms with Crippen molar-refractivity contribution >= 4 is 38.3 Å². The highest BCUT2D eigenvalue weighted by Crippen LogP contribution is 2.42. The molecule has 0 bridgehead atoms. The molecule has 0 saturated carbocycles. The van der Waals surface area contributed by atoms with Crippen LogP contribution < -0.4 is 9.62 Å². The Hall–Kier alpha value is -3.39. The third-order valence-electron chi connectivity index (χ3n) is 6.94. The lowest BCUT2D eigenvalue weighted by Crippen LogP contribution is -2.49. The van der Waals surface area contributed by atoms with Gasteiger partial charge in [-0.1, -0.05) is 74.9 Å². The van der Waals surface area contributed by atoms with Crippen molar-refractivity contribution in [3.63, 3.8) is 0 Å². The molecule has 0 unspecified atom stereocenters. The van der Waals surface area contributed by atoms with Gasteiger partial charge in [0.05, 0.1) is 10.6 Å². The van der Waals surface area contributed by atoms with E-state index in [1.54, 1.807) is 17.0 Å². The predicted molar refractivity (Wildman–Crippen MR) is 151 cm³/mol. The zero-order valence-corrected chi connectivity index (χ0v) is 23.4. The van der Waals surface area contributed by atoms with Crippen LogP contribution in [-0.2, 0) is 26.2 Å². The van der Waals surface area contributed by atoms with Gasteiger partial charge in [0.15, 0.2) is 0 Å². The van der Waals surface area contributed by atoms with Gasteiger partial charge < -0.3 is 10.2 Å². The zero-order valence-electron chi connectivity index (χ0n) is 22.6. The van der Waals surface area contributed by atoms with Gasteiger partial charge in [0.25, 0.3) is 10.0 Å². The highest BCUT2D eigenvalue weighted by atomic mass is 32.2. The molecule has 1 N–H and O–H groups in total. The molecule has 4 rings (SSSR count). The van der Waals surface area contributed by atoms with Gasteiger partial charge in [-0.15, -0.1) is 0 Å². The van der Waals surface area contributed by atoms with E-state index in [0.29, 0.717) is 42.4 Å². The van der Waals surface area contributed by atoms with Crippen LogP contribution in [0.2, 0.25) is 0 Å². The minimum Gasteiger partial charge on any atom is -0.354 e. The van der Waals surface area contributed by atoms with Crippen LogP contribution in [0.25, 0.3) is 10.8 Å². The van der Waals surface area contributed by atoms with Crippen LogP contribution in [0.3, 0.4) is 0 Å². The number of rotatable bonds is 11. The Morgan fingerprint density at radius 2 is 1.74 bits per heavy atom. The second-order valence-corrected chi connectivity index (χ2v) is 12.2. The highest BCUT2D eigenvalue weighted by molar-refractivity contribution is 7.93. The minimum atomic E-state index is -3.68. The molecular weight excluding hydrogens is 498 g/mol. The summed E-state index contributed by atoms with van der Waals surface area (Å²) in [6.07, 6.45) is 0.966. The van der Waals surface area contributed by atoms with E-state index in [-0.39, 0.29) is 24.8 Å². The van der Waals surface area contributed by atoms with Gasteiger partial charge in [0, 0.05) is 31.4 Å². The molecule has 7 nitrogen and oxygen atoms in total. The lowest BCUT2D eigenvalue weighted by atomic mass is 10.1. The average Bonchev–Trinajstić information content (AvgIpc) is 3.10. The lowest BCUT2D eigenvalue weighted by Gasteiger charge is -2.31. The molecule has 0 saturated heterocycles. The molecular formula is C30H37N3O4S. The van der Waals surface area contributed by atoms with E-state index in [0.717, 1.165) is 21.9 Å². The van der Waals surface area contributed by atoms with Crippen molar-refractivity contribution in [2.75, 3.05) is 17.4 Å². The first-order chi connectivity index (χ1) is 18.1. The highest BCUT2D eigenvalue weighted by Gasteiger charge is 2.35. The molecule has 8 heteroatoms. The number of hydrogen-bond acceptors (Lipinski definition) is 4. The number of benzene rings is 3. The fourth-order valence-corrected chi connectivity index (χ4v) is 6.81. The molecule has 0 aromatic heterocycles. The maximum Gasteiger partial charge on any atom is 0.265 e. The monoisotopic (exact) mass is 535 g/mol. The summed E-state index contributed by atoms with van der Waals surface area (Å²) in [4.78, 5) is 28.6. The molecule has 38 heavy (non-hydrogen) atoms. The zero-order chi connectivity index (χ0) is 27.4. The first kappa shape index (κ1) is 27.6. The number of nitrogens with one attached hydrogen (secondary N) is 1. The number of nitrogens with zero attached hydrogens (tertiary/aromatic N) is 2. The Morgan fingerprint density at radius 3 is 2.42 bits per heavy atom. The first-order valence-electron chi connectivity index (χ1n) is 13.3. The molecule has 1 aliphatic rings. The topological polar surface area (TPSA) is 86.8 Å². The number of aryl methyl sites for hydroxylation is 1. The molecule has 0 spiro atoms. The summed E-state index contributed by atoms with van der Waals surface area (Å²) in [5.41, 5.74) is 2.69. The van der Waals surface area contributed by atoms with Gasteiger partial charge >= 0.3 is 0 Å². The number of carbonyl (C=O) groups is 2. The molecule has 0 aliphatic carbocycles. The van der Waals surface area contributed by atoms with Gasteiger partial charge in [0.2, 0.25) is 11.8 Å². The summed E-state index contributed by atoms with van der Waals surface area (Å²) in [7, 11) is -3.68. The molecule has 1 aliphatic heterocycles. The Bertz CT molecular complexity index is 1430. The normalized spacial score (nSPS) is 14.6. The van der Waals surface area contributed by atoms with Crippen LogP contribution in [0.4, 0.5) is 5.69 Å². The minimum absolute atomic E-state index is 0.137. The third kappa shape index (κ3) is 5.70. The number of amides is 2. The molecule has 3 aromatic carbocycles. The molecule has 3 aromatic rings. The van der Waals surface area contributed by atoms with Crippen molar-refractivity contribution in [1.82, 2.24) is 10.2 Å². The average molecular weight is 536 g/mol. The number of carbonyl (C=O) groups excluding carboxylic acids is 2. The maximum absolute atomic E-state index is 13.6. The second-order valence-electron chi connectivity index (χ2n) is 10.4. The Kier molecular flexibility index (Phi) is 8.41. The largest absolute Gasteiger partial charge is 0.354 e. The maximum atomic E-state index is 13.6. The van der Waals surface area contributed by atoms with Crippen molar-refractivity contribution < 1.29 is 18.0 Å².